The number of likely N-dealkylation sites (N-methyl/N-ethyl adjacent to an activating group) is 1. The predicted octanol–water partition coefficient (Wildman–Crippen LogP) is 1.13. The lowest BCUT2D eigenvalue weighted by molar-refractivity contribution is -0.141. The van der Waals surface area contributed by atoms with E-state index in [4.69, 9.17) is 4.74 Å². The van der Waals surface area contributed by atoms with Crippen molar-refractivity contribution in [2.75, 3.05) is 40.4 Å². The van der Waals surface area contributed by atoms with Crippen LogP contribution in [0.1, 0.15) is 30.7 Å². The van der Waals surface area contributed by atoms with E-state index in [1.165, 1.54) is 5.56 Å². The van der Waals surface area contributed by atoms with Crippen LogP contribution >= 0.6 is 0 Å². The zero-order valence-electron chi connectivity index (χ0n) is 15.7. The highest BCUT2D eigenvalue weighted by molar-refractivity contribution is 5.84. The Morgan fingerprint density at radius 3 is 2.54 bits per heavy atom. The van der Waals surface area contributed by atoms with E-state index in [2.05, 4.69) is 27.7 Å². The summed E-state index contributed by atoms with van der Waals surface area (Å²) in [6.07, 6.45) is 2.85. The van der Waals surface area contributed by atoms with Gasteiger partial charge in [0.2, 0.25) is 11.8 Å². The van der Waals surface area contributed by atoms with Crippen LogP contribution in [0.3, 0.4) is 0 Å². The van der Waals surface area contributed by atoms with E-state index in [1.807, 2.05) is 18.2 Å². The minimum atomic E-state index is -0.371. The van der Waals surface area contributed by atoms with E-state index < -0.39 is 0 Å². The third-order valence-corrected chi connectivity index (χ3v) is 5.80. The van der Waals surface area contributed by atoms with Crippen LogP contribution in [-0.2, 0) is 14.3 Å². The first kappa shape index (κ1) is 18.9. The normalized spacial score (nSPS) is 24.7. The van der Waals surface area contributed by atoms with E-state index in [1.54, 1.807) is 14.2 Å². The number of methoxy groups -OCH3 is 1. The van der Waals surface area contributed by atoms with Gasteiger partial charge in [0, 0.05) is 39.2 Å². The zero-order chi connectivity index (χ0) is 18.6. The van der Waals surface area contributed by atoms with Crippen molar-refractivity contribution in [1.82, 2.24) is 15.5 Å². The van der Waals surface area contributed by atoms with E-state index in [9.17, 15) is 9.59 Å². The highest BCUT2D eigenvalue weighted by Crippen LogP contribution is 2.42. The summed E-state index contributed by atoms with van der Waals surface area (Å²) in [5, 5.41) is 5.96. The summed E-state index contributed by atoms with van der Waals surface area (Å²) in [5.41, 5.74) is 0.830. The number of amides is 2. The van der Waals surface area contributed by atoms with Gasteiger partial charge in [-0.3, -0.25) is 14.5 Å². The topological polar surface area (TPSA) is 70.7 Å². The summed E-state index contributed by atoms with van der Waals surface area (Å²) in [5.74, 6) is 0.279. The van der Waals surface area contributed by atoms with Crippen molar-refractivity contribution < 1.29 is 14.3 Å². The smallest absolute Gasteiger partial charge is 0.233 e. The maximum atomic E-state index is 13.0. The molecular weight excluding hydrogens is 330 g/mol. The number of ether oxygens (including phenoxy) is 1. The fraction of sp³-hybridized carbons (Fsp3) is 0.600. The molecule has 2 aliphatic rings. The maximum absolute atomic E-state index is 13.0. The Hall–Kier alpha value is -1.92. The van der Waals surface area contributed by atoms with Gasteiger partial charge < -0.3 is 15.4 Å². The number of carbonyl (C=O) groups is 2. The van der Waals surface area contributed by atoms with Crippen LogP contribution in [0.2, 0.25) is 0 Å². The first-order chi connectivity index (χ1) is 12.6. The minimum Gasteiger partial charge on any atom is -0.384 e. The number of likely N-dealkylation sites (tertiary alicyclic amines) is 1. The van der Waals surface area contributed by atoms with Gasteiger partial charge in [-0.05, 0) is 18.4 Å². The quantitative estimate of drug-likeness (QED) is 0.766. The van der Waals surface area contributed by atoms with Crippen LogP contribution in [0.5, 0.6) is 0 Å². The maximum Gasteiger partial charge on any atom is 0.233 e. The molecule has 2 fully saturated rings. The van der Waals surface area contributed by atoms with Crippen molar-refractivity contribution in [3.8, 4) is 0 Å². The molecule has 1 heterocycles. The molecule has 2 unspecified atom stereocenters. The Kier molecular flexibility index (Phi) is 5.94. The minimum absolute atomic E-state index is 0.00126. The number of nitrogens with one attached hydrogen (secondary N) is 2. The summed E-state index contributed by atoms with van der Waals surface area (Å²) in [6, 6.07) is 10.2. The second-order valence-corrected chi connectivity index (χ2v) is 7.53. The van der Waals surface area contributed by atoms with Crippen LogP contribution in [-0.4, -0.2) is 63.2 Å². The molecule has 0 spiro atoms. The first-order valence-corrected chi connectivity index (χ1v) is 9.36. The Balaban J connectivity index is 1.73. The van der Waals surface area contributed by atoms with Crippen LogP contribution in [0.15, 0.2) is 30.3 Å². The second-order valence-electron chi connectivity index (χ2n) is 7.53. The van der Waals surface area contributed by atoms with Gasteiger partial charge >= 0.3 is 0 Å². The molecule has 2 atom stereocenters. The van der Waals surface area contributed by atoms with Crippen molar-refractivity contribution in [2.24, 2.45) is 5.41 Å². The summed E-state index contributed by atoms with van der Waals surface area (Å²) in [6.45, 7) is 2.28. The number of hydrogen-bond acceptors (Lipinski definition) is 4. The number of rotatable bonds is 7. The van der Waals surface area contributed by atoms with Crippen molar-refractivity contribution in [2.45, 2.75) is 31.2 Å². The van der Waals surface area contributed by atoms with E-state index in [-0.39, 0.29) is 29.2 Å². The van der Waals surface area contributed by atoms with Crippen molar-refractivity contribution >= 4 is 11.8 Å². The van der Waals surface area contributed by atoms with Gasteiger partial charge in [0.05, 0.1) is 18.6 Å². The van der Waals surface area contributed by atoms with Crippen molar-refractivity contribution in [1.29, 1.82) is 0 Å². The number of hydrogen-bond donors (Lipinski definition) is 2. The van der Waals surface area contributed by atoms with Gasteiger partial charge in [-0.2, -0.15) is 0 Å². The molecule has 6 nitrogen and oxygen atoms in total. The predicted molar refractivity (Wildman–Crippen MR) is 99.8 cm³/mol. The van der Waals surface area contributed by atoms with E-state index >= 15 is 0 Å². The monoisotopic (exact) mass is 359 g/mol. The molecular formula is C20H29N3O3. The number of carbonyl (C=O) groups excluding carboxylic acids is 2. The van der Waals surface area contributed by atoms with Gasteiger partial charge in [-0.1, -0.05) is 36.8 Å². The molecule has 1 saturated carbocycles. The van der Waals surface area contributed by atoms with E-state index in [0.717, 1.165) is 25.8 Å². The molecule has 2 amide bonds. The zero-order valence-corrected chi connectivity index (χ0v) is 15.7. The fourth-order valence-corrected chi connectivity index (χ4v) is 4.12. The molecule has 1 aliphatic heterocycles. The second kappa shape index (κ2) is 8.18. The first-order valence-electron chi connectivity index (χ1n) is 9.36. The summed E-state index contributed by atoms with van der Waals surface area (Å²) < 4.78 is 5.31. The SMILES string of the molecule is CNC(=O)CN1CC(NC(=O)C2(COC)CCC2)C(c2ccccc2)C1. The molecule has 26 heavy (non-hydrogen) atoms. The third-order valence-electron chi connectivity index (χ3n) is 5.80. The molecule has 142 valence electrons. The summed E-state index contributed by atoms with van der Waals surface area (Å²) in [7, 11) is 3.30. The molecule has 0 bridgehead atoms. The molecule has 3 rings (SSSR count). The molecule has 0 aromatic heterocycles. The van der Waals surface area contributed by atoms with Gasteiger partial charge in [-0.15, -0.1) is 0 Å². The van der Waals surface area contributed by atoms with Crippen molar-refractivity contribution in [3.63, 3.8) is 0 Å². The van der Waals surface area contributed by atoms with Crippen LogP contribution in [0.4, 0.5) is 0 Å². The molecule has 6 heteroatoms. The molecule has 1 aliphatic carbocycles. The van der Waals surface area contributed by atoms with Crippen LogP contribution in [0.25, 0.3) is 0 Å². The highest BCUT2D eigenvalue weighted by Gasteiger charge is 2.46. The molecule has 1 aromatic rings. The Morgan fingerprint density at radius 1 is 1.23 bits per heavy atom. The lowest BCUT2D eigenvalue weighted by atomic mass is 9.68. The molecule has 0 radical (unpaired) electrons. The summed E-state index contributed by atoms with van der Waals surface area (Å²) in [4.78, 5) is 26.9. The standard InChI is InChI=1S/C20H29N3O3/c1-21-18(24)13-23-11-16(15-7-4-3-5-8-15)17(12-23)22-19(25)20(14-26-2)9-6-10-20/h3-5,7-8,16-17H,6,9-14H2,1-2H3,(H,21,24)(H,22,25). The average Bonchev–Trinajstić information content (AvgIpc) is 3.00. The van der Waals surface area contributed by atoms with Crippen LogP contribution < -0.4 is 10.6 Å². The largest absolute Gasteiger partial charge is 0.384 e. The number of benzene rings is 1. The van der Waals surface area contributed by atoms with Gasteiger partial charge in [0.25, 0.3) is 0 Å². The van der Waals surface area contributed by atoms with Gasteiger partial charge in [0.15, 0.2) is 0 Å². The van der Waals surface area contributed by atoms with E-state index in [0.29, 0.717) is 19.7 Å². The average molecular weight is 359 g/mol. The Labute approximate surface area is 155 Å². The third kappa shape index (κ3) is 3.91. The molecule has 1 saturated heterocycles. The number of nitrogens with zero attached hydrogens (tertiary/aromatic N) is 1. The lowest BCUT2D eigenvalue weighted by Crippen LogP contribution is -2.53. The Bertz CT molecular complexity index is 630. The van der Waals surface area contributed by atoms with Crippen LogP contribution in [0, 0.1) is 5.41 Å². The highest BCUT2D eigenvalue weighted by atomic mass is 16.5. The van der Waals surface area contributed by atoms with Gasteiger partial charge in [0.1, 0.15) is 0 Å². The fourth-order valence-electron chi connectivity index (χ4n) is 4.12. The summed E-state index contributed by atoms with van der Waals surface area (Å²) >= 11 is 0. The van der Waals surface area contributed by atoms with Crippen molar-refractivity contribution in [3.05, 3.63) is 35.9 Å². The molecule has 2 N–H and O–H groups in total. The Morgan fingerprint density at radius 2 is 1.96 bits per heavy atom. The van der Waals surface area contributed by atoms with Gasteiger partial charge in [-0.25, -0.2) is 0 Å². The lowest BCUT2D eigenvalue weighted by Gasteiger charge is -2.40. The molecule has 1 aromatic carbocycles.